The number of hydrogen-bond acceptors (Lipinski definition) is 3. The third kappa shape index (κ3) is 2.39. The molecule has 0 saturated carbocycles. The Bertz CT molecular complexity index is 351. The average molecular weight is 289 g/mol. The van der Waals surface area contributed by atoms with Gasteiger partial charge in [0.2, 0.25) is 5.91 Å². The second kappa shape index (κ2) is 4.90. The van der Waals surface area contributed by atoms with Crippen LogP contribution in [0.5, 0.6) is 0 Å². The van der Waals surface area contributed by atoms with E-state index in [4.69, 9.17) is 10.5 Å². The van der Waals surface area contributed by atoms with Crippen molar-refractivity contribution < 1.29 is 9.53 Å². The predicted molar refractivity (Wildman–Crippen MR) is 76.1 cm³/mol. The van der Waals surface area contributed by atoms with Crippen molar-refractivity contribution in [2.45, 2.75) is 51.9 Å². The number of amides is 1. The molecule has 0 aromatic rings. The van der Waals surface area contributed by atoms with E-state index in [0.29, 0.717) is 24.0 Å². The molecule has 0 aliphatic carbocycles. The average Bonchev–Trinajstić information content (AvgIpc) is 2.96. The molecular formula is C14H25ClN2O2. The van der Waals surface area contributed by atoms with Gasteiger partial charge in [0.05, 0.1) is 18.2 Å². The van der Waals surface area contributed by atoms with E-state index in [2.05, 4.69) is 0 Å². The molecule has 0 aromatic carbocycles. The highest BCUT2D eigenvalue weighted by atomic mass is 35.5. The van der Waals surface area contributed by atoms with E-state index in [0.717, 1.165) is 13.1 Å². The van der Waals surface area contributed by atoms with E-state index in [1.165, 1.54) is 12.8 Å². The van der Waals surface area contributed by atoms with Gasteiger partial charge in [-0.2, -0.15) is 0 Å². The first-order valence-electron chi connectivity index (χ1n) is 7.08. The minimum absolute atomic E-state index is 0. The van der Waals surface area contributed by atoms with E-state index in [-0.39, 0.29) is 23.7 Å². The lowest BCUT2D eigenvalue weighted by molar-refractivity contribution is -0.134. The molecule has 5 heteroatoms. The zero-order valence-corrected chi connectivity index (χ0v) is 12.8. The summed E-state index contributed by atoms with van der Waals surface area (Å²) in [6.07, 6.45) is 3.17. The molecule has 4 unspecified atom stereocenters. The Balaban J connectivity index is 0.00000133. The molecule has 0 aromatic heterocycles. The van der Waals surface area contributed by atoms with Gasteiger partial charge in [-0.15, -0.1) is 12.4 Å². The van der Waals surface area contributed by atoms with Crippen molar-refractivity contribution in [1.82, 2.24) is 4.90 Å². The smallest absolute Gasteiger partial charge is 0.240 e. The summed E-state index contributed by atoms with van der Waals surface area (Å²) in [6, 6.07) is -0.394. The van der Waals surface area contributed by atoms with Crippen molar-refractivity contribution in [3.05, 3.63) is 0 Å². The van der Waals surface area contributed by atoms with Crippen molar-refractivity contribution in [2.24, 2.45) is 23.0 Å². The fourth-order valence-electron chi connectivity index (χ4n) is 3.71. The quantitative estimate of drug-likeness (QED) is 0.794. The fraction of sp³-hybridized carbons (Fsp3) is 0.929. The molecule has 4 nitrogen and oxygen atoms in total. The van der Waals surface area contributed by atoms with Gasteiger partial charge >= 0.3 is 0 Å². The first kappa shape index (κ1) is 15.1. The van der Waals surface area contributed by atoms with E-state index in [1.54, 1.807) is 0 Å². The number of fused-ring (bicyclic) bond motifs is 5. The van der Waals surface area contributed by atoms with Crippen LogP contribution >= 0.6 is 12.4 Å². The molecule has 2 bridgehead atoms. The highest BCUT2D eigenvalue weighted by molar-refractivity contribution is 5.85. The zero-order chi connectivity index (χ0) is 13.1. The van der Waals surface area contributed by atoms with E-state index in [1.807, 2.05) is 25.7 Å². The van der Waals surface area contributed by atoms with Crippen molar-refractivity contribution in [3.63, 3.8) is 0 Å². The lowest BCUT2D eigenvalue weighted by Crippen LogP contribution is -2.50. The van der Waals surface area contributed by atoms with Crippen LogP contribution in [-0.2, 0) is 9.53 Å². The molecule has 3 saturated heterocycles. The molecule has 3 rings (SSSR count). The third-order valence-electron chi connectivity index (χ3n) is 4.96. The topological polar surface area (TPSA) is 55.6 Å². The SMILES string of the molecule is CC(C)(C)[C@H](N)C(=O)N1CC2C3CCC(O3)C2C1.Cl. The van der Waals surface area contributed by atoms with Crippen LogP contribution in [0, 0.1) is 17.3 Å². The zero-order valence-electron chi connectivity index (χ0n) is 12.0. The van der Waals surface area contributed by atoms with Gasteiger partial charge in [-0.25, -0.2) is 0 Å². The Morgan fingerprint density at radius 2 is 1.68 bits per heavy atom. The van der Waals surface area contributed by atoms with Gasteiger partial charge in [0.25, 0.3) is 0 Å². The summed E-state index contributed by atoms with van der Waals surface area (Å²) in [5, 5.41) is 0. The van der Waals surface area contributed by atoms with Crippen molar-refractivity contribution in [1.29, 1.82) is 0 Å². The second-order valence-corrected chi connectivity index (χ2v) is 7.20. The van der Waals surface area contributed by atoms with Gasteiger partial charge < -0.3 is 15.4 Å². The molecule has 3 aliphatic heterocycles. The Morgan fingerprint density at radius 3 is 2.11 bits per heavy atom. The first-order chi connectivity index (χ1) is 8.38. The van der Waals surface area contributed by atoms with Crippen LogP contribution in [0.1, 0.15) is 33.6 Å². The second-order valence-electron chi connectivity index (χ2n) is 7.20. The van der Waals surface area contributed by atoms with Gasteiger partial charge in [0, 0.05) is 24.9 Å². The molecule has 110 valence electrons. The Kier molecular flexibility index (Phi) is 3.89. The number of likely N-dealkylation sites (tertiary alicyclic amines) is 1. The molecular weight excluding hydrogens is 264 g/mol. The monoisotopic (exact) mass is 288 g/mol. The van der Waals surface area contributed by atoms with Crippen LogP contribution in [0.3, 0.4) is 0 Å². The maximum absolute atomic E-state index is 12.4. The maximum Gasteiger partial charge on any atom is 0.240 e. The van der Waals surface area contributed by atoms with Crippen LogP contribution in [-0.4, -0.2) is 42.1 Å². The van der Waals surface area contributed by atoms with Crippen molar-refractivity contribution in [3.8, 4) is 0 Å². The van der Waals surface area contributed by atoms with Gasteiger partial charge in [0.15, 0.2) is 0 Å². The summed E-state index contributed by atoms with van der Waals surface area (Å²) >= 11 is 0. The van der Waals surface area contributed by atoms with Gasteiger partial charge in [-0.05, 0) is 18.3 Å². The molecule has 3 heterocycles. The van der Waals surface area contributed by atoms with Crippen molar-refractivity contribution in [2.75, 3.05) is 13.1 Å². The molecule has 3 aliphatic rings. The largest absolute Gasteiger partial charge is 0.374 e. The molecule has 2 N–H and O–H groups in total. The van der Waals surface area contributed by atoms with Crippen LogP contribution in [0.4, 0.5) is 0 Å². The van der Waals surface area contributed by atoms with Gasteiger partial charge in [0.1, 0.15) is 0 Å². The highest BCUT2D eigenvalue weighted by Gasteiger charge is 2.54. The summed E-state index contributed by atoms with van der Waals surface area (Å²) < 4.78 is 5.93. The normalized spacial score (nSPS) is 38.0. The van der Waals surface area contributed by atoms with E-state index < -0.39 is 6.04 Å². The number of halogens is 1. The van der Waals surface area contributed by atoms with Crippen LogP contribution in [0.2, 0.25) is 0 Å². The summed E-state index contributed by atoms with van der Waals surface area (Å²) in [5.41, 5.74) is 5.92. The van der Waals surface area contributed by atoms with E-state index >= 15 is 0 Å². The number of nitrogens with zero attached hydrogens (tertiary/aromatic N) is 1. The molecule has 0 radical (unpaired) electrons. The van der Waals surface area contributed by atoms with Gasteiger partial charge in [-0.1, -0.05) is 20.8 Å². The number of nitrogens with two attached hydrogens (primary N) is 1. The molecule has 3 fully saturated rings. The Labute approximate surface area is 121 Å². The minimum atomic E-state index is -0.394. The first-order valence-corrected chi connectivity index (χ1v) is 7.08. The highest BCUT2D eigenvalue weighted by Crippen LogP contribution is 2.47. The molecule has 19 heavy (non-hydrogen) atoms. The van der Waals surface area contributed by atoms with E-state index in [9.17, 15) is 4.79 Å². The lowest BCUT2D eigenvalue weighted by Gasteiger charge is -2.30. The number of rotatable bonds is 1. The van der Waals surface area contributed by atoms with Crippen LogP contribution in [0.25, 0.3) is 0 Å². The number of carbonyl (C=O) groups is 1. The van der Waals surface area contributed by atoms with Crippen molar-refractivity contribution >= 4 is 18.3 Å². The summed E-state index contributed by atoms with van der Waals surface area (Å²) in [5.74, 6) is 1.26. The minimum Gasteiger partial charge on any atom is -0.374 e. The third-order valence-corrected chi connectivity index (χ3v) is 4.96. The Morgan fingerprint density at radius 1 is 1.21 bits per heavy atom. The van der Waals surface area contributed by atoms with Crippen LogP contribution in [0.15, 0.2) is 0 Å². The number of ether oxygens (including phenoxy) is 1. The Hall–Kier alpha value is -0.320. The predicted octanol–water partition coefficient (Wildman–Crippen LogP) is 1.42. The fourth-order valence-corrected chi connectivity index (χ4v) is 3.71. The molecule has 1 amide bonds. The lowest BCUT2D eigenvalue weighted by atomic mass is 9.82. The summed E-state index contributed by atoms with van der Waals surface area (Å²) in [7, 11) is 0. The van der Waals surface area contributed by atoms with Gasteiger partial charge in [-0.3, -0.25) is 4.79 Å². The molecule has 0 spiro atoms. The summed E-state index contributed by atoms with van der Waals surface area (Å²) in [4.78, 5) is 14.4. The maximum atomic E-state index is 12.4. The number of hydrogen-bond donors (Lipinski definition) is 1. The molecule has 5 atom stereocenters. The number of carbonyl (C=O) groups excluding carboxylic acids is 1. The standard InChI is InChI=1S/C14H24N2O2.ClH/c1-14(2,3)12(15)13(17)16-6-8-9(7-16)11-5-4-10(8)18-11;/h8-12H,4-7,15H2,1-3H3;1H/t8?,9?,10?,11?,12-;/m1./s1. The van der Waals surface area contributed by atoms with Crippen LogP contribution < -0.4 is 5.73 Å². The summed E-state index contributed by atoms with van der Waals surface area (Å²) in [6.45, 7) is 7.79.